The Bertz CT molecular complexity index is 1770. The van der Waals surface area contributed by atoms with Crippen molar-refractivity contribution in [3.05, 3.63) is 89.8 Å². The minimum atomic E-state index is 0. The fourth-order valence-electron chi connectivity index (χ4n) is 6.64. The average Bonchev–Trinajstić information content (AvgIpc) is 3.78. The predicted octanol–water partition coefficient (Wildman–Crippen LogP) is 10.4. The molecule has 0 amide bonds. The van der Waals surface area contributed by atoms with E-state index < -0.39 is 0 Å². The second kappa shape index (κ2) is 13.6. The van der Waals surface area contributed by atoms with Crippen molar-refractivity contribution in [3.63, 3.8) is 0 Å². The molecule has 2 heterocycles. The number of allylic oxidation sites excluding steroid dienone is 2. The van der Waals surface area contributed by atoms with Crippen LogP contribution in [0.5, 0.6) is 0 Å². The van der Waals surface area contributed by atoms with E-state index in [1.165, 1.54) is 42.7 Å². The van der Waals surface area contributed by atoms with E-state index in [2.05, 4.69) is 63.2 Å². The number of carbonyl (C=O) groups is 1. The summed E-state index contributed by atoms with van der Waals surface area (Å²) in [6.45, 7) is 6.51. The van der Waals surface area contributed by atoms with Crippen LogP contribution in [0.1, 0.15) is 82.3 Å². The number of hydrogen-bond acceptors (Lipinski definition) is 4. The van der Waals surface area contributed by atoms with Gasteiger partial charge in [0, 0.05) is 49.6 Å². The van der Waals surface area contributed by atoms with E-state index in [4.69, 9.17) is 9.40 Å². The molecule has 2 aromatic heterocycles. The second-order valence-corrected chi connectivity index (χ2v) is 12.4. The van der Waals surface area contributed by atoms with E-state index in [9.17, 15) is 9.90 Å². The normalized spacial score (nSPS) is 16.1. The molecule has 43 heavy (non-hydrogen) atoms. The Kier molecular flexibility index (Phi) is 9.84. The first-order valence-corrected chi connectivity index (χ1v) is 15.6. The summed E-state index contributed by atoms with van der Waals surface area (Å²) < 4.78 is 6.23. The number of hydrogen-bond donors (Lipinski definition) is 1. The van der Waals surface area contributed by atoms with Gasteiger partial charge >= 0.3 is 0 Å². The molecule has 2 saturated carbocycles. The van der Waals surface area contributed by atoms with Gasteiger partial charge in [-0.1, -0.05) is 93.8 Å². The molecule has 0 aliphatic heterocycles. The van der Waals surface area contributed by atoms with Crippen molar-refractivity contribution in [1.82, 2.24) is 4.98 Å². The third-order valence-electron chi connectivity index (χ3n) is 9.06. The first-order valence-electron chi connectivity index (χ1n) is 15.6. The summed E-state index contributed by atoms with van der Waals surface area (Å²) in [5, 5.41) is 14.4. The van der Waals surface area contributed by atoms with Crippen LogP contribution in [-0.2, 0) is 24.9 Å². The fraction of sp³-hybridized carbons (Fsp3) is 0.368. The van der Waals surface area contributed by atoms with Crippen molar-refractivity contribution in [2.24, 2.45) is 11.8 Å². The Balaban J connectivity index is 0.000000197. The number of aliphatic hydroxyl groups is 1. The number of carbonyl (C=O) groups excluding carboxylic acids is 1. The molecule has 1 radical (unpaired) electrons. The van der Waals surface area contributed by atoms with Crippen LogP contribution in [0.4, 0.5) is 0 Å². The van der Waals surface area contributed by atoms with Gasteiger partial charge in [-0.2, -0.15) is 0 Å². The van der Waals surface area contributed by atoms with Gasteiger partial charge in [0.15, 0.2) is 5.78 Å². The molecule has 4 nitrogen and oxygen atoms in total. The molecular weight excluding hydrogens is 711 g/mol. The molecule has 5 heteroatoms. The Morgan fingerprint density at radius 1 is 0.930 bits per heavy atom. The summed E-state index contributed by atoms with van der Waals surface area (Å²) in [7, 11) is 0. The largest absolute Gasteiger partial charge is 0.512 e. The quantitative estimate of drug-likeness (QED) is 0.110. The maximum absolute atomic E-state index is 11.8. The van der Waals surface area contributed by atoms with Crippen LogP contribution in [0.2, 0.25) is 0 Å². The summed E-state index contributed by atoms with van der Waals surface area (Å²) in [5.74, 6) is 1.49. The van der Waals surface area contributed by atoms with Gasteiger partial charge in [-0.3, -0.25) is 4.79 Å². The zero-order chi connectivity index (χ0) is 29.2. The van der Waals surface area contributed by atoms with Crippen molar-refractivity contribution in [2.45, 2.75) is 78.1 Å². The minimum Gasteiger partial charge on any atom is -0.512 e. The number of para-hydroxylation sites is 1. The standard InChI is InChI=1S/C25H20NO.C13H20O2.Ir/c1-15(2)17-8-9-19-18(14-17)10-11-26-24(19)22-13-16(3)12-21-20-6-4-5-7-23(20)27-25(21)22;14-12(10-5-1-2-6-10)9-13(15)11-7-3-4-8-11;/h4-12,14-15H,1-3H3;9-11,14H,1-8H2;/q-1;;/b;12-9-;. The van der Waals surface area contributed by atoms with E-state index in [0.717, 1.165) is 69.8 Å². The Hall–Kier alpha value is -3.27. The molecule has 2 aliphatic rings. The van der Waals surface area contributed by atoms with Crippen molar-refractivity contribution in [2.75, 3.05) is 0 Å². The van der Waals surface area contributed by atoms with Crippen LogP contribution in [0.25, 0.3) is 44.0 Å². The fourth-order valence-corrected chi connectivity index (χ4v) is 6.64. The van der Waals surface area contributed by atoms with Crippen LogP contribution in [0.3, 0.4) is 0 Å². The third-order valence-corrected chi connectivity index (χ3v) is 9.06. The molecule has 2 fully saturated rings. The van der Waals surface area contributed by atoms with E-state index in [1.807, 2.05) is 24.4 Å². The van der Waals surface area contributed by atoms with Crippen molar-refractivity contribution in [3.8, 4) is 11.3 Å². The molecule has 0 atom stereocenters. The van der Waals surface area contributed by atoms with Gasteiger partial charge in [0.1, 0.15) is 5.58 Å². The first-order chi connectivity index (χ1) is 20.4. The van der Waals surface area contributed by atoms with Crippen LogP contribution in [0, 0.1) is 24.8 Å². The SMILES string of the molecule is Cc1[c-]c(-c2nccc3cc(C(C)C)ccc23)c2oc3ccccc3c2c1.O=C(/C=C(\O)C1CCCC1)C1CCCC1.[Ir]. The molecule has 225 valence electrons. The number of ketones is 1. The maximum atomic E-state index is 11.8. The van der Waals surface area contributed by atoms with Gasteiger partial charge in [-0.25, -0.2) is 0 Å². The van der Waals surface area contributed by atoms with E-state index in [0.29, 0.717) is 11.7 Å². The van der Waals surface area contributed by atoms with Crippen LogP contribution in [-0.4, -0.2) is 15.9 Å². The number of furan rings is 1. The first kappa shape index (κ1) is 31.2. The molecule has 0 saturated heterocycles. The minimum absolute atomic E-state index is 0. The molecule has 0 spiro atoms. The number of aliphatic hydroxyl groups excluding tert-OH is 1. The van der Waals surface area contributed by atoms with E-state index in [-0.39, 0.29) is 37.7 Å². The van der Waals surface area contributed by atoms with Gasteiger partial charge < -0.3 is 14.5 Å². The van der Waals surface area contributed by atoms with Gasteiger partial charge in [0.25, 0.3) is 0 Å². The van der Waals surface area contributed by atoms with Gasteiger partial charge in [0.05, 0.1) is 11.3 Å². The van der Waals surface area contributed by atoms with Gasteiger partial charge in [0.2, 0.25) is 0 Å². The van der Waals surface area contributed by atoms with E-state index >= 15 is 0 Å². The molecule has 3 aromatic carbocycles. The molecule has 1 N–H and O–H groups in total. The number of pyridine rings is 1. The van der Waals surface area contributed by atoms with Crippen molar-refractivity contribution < 1.29 is 34.4 Å². The van der Waals surface area contributed by atoms with Crippen LogP contribution >= 0.6 is 0 Å². The zero-order valence-corrected chi connectivity index (χ0v) is 27.7. The predicted molar refractivity (Wildman–Crippen MR) is 172 cm³/mol. The number of fused-ring (bicyclic) bond motifs is 4. The summed E-state index contributed by atoms with van der Waals surface area (Å²) in [5.41, 5.74) is 6.04. The number of rotatable bonds is 5. The molecule has 7 rings (SSSR count). The molecule has 0 bridgehead atoms. The monoisotopic (exact) mass is 751 g/mol. The molecule has 0 unspecified atom stereocenters. The molecular formula is C38H40IrNO3-. The van der Waals surface area contributed by atoms with Crippen molar-refractivity contribution in [1.29, 1.82) is 0 Å². The zero-order valence-electron chi connectivity index (χ0n) is 25.3. The van der Waals surface area contributed by atoms with Crippen molar-refractivity contribution >= 4 is 38.5 Å². The Morgan fingerprint density at radius 2 is 1.63 bits per heavy atom. The summed E-state index contributed by atoms with van der Waals surface area (Å²) in [6.07, 6.45) is 12.3. The Labute approximate surface area is 267 Å². The number of nitrogens with zero attached hydrogens (tertiary/aromatic N) is 1. The number of aryl methyl sites for hydroxylation is 1. The summed E-state index contributed by atoms with van der Waals surface area (Å²) in [4.78, 5) is 16.5. The smallest absolute Gasteiger partial charge is 0.162 e. The van der Waals surface area contributed by atoms with Gasteiger partial charge in [-0.15, -0.1) is 17.7 Å². The second-order valence-electron chi connectivity index (χ2n) is 12.4. The third kappa shape index (κ3) is 6.64. The number of aromatic nitrogens is 1. The summed E-state index contributed by atoms with van der Waals surface area (Å²) >= 11 is 0. The number of benzene rings is 3. The Morgan fingerprint density at radius 3 is 2.35 bits per heavy atom. The average molecular weight is 751 g/mol. The molecule has 2 aliphatic carbocycles. The van der Waals surface area contributed by atoms with Crippen LogP contribution in [0.15, 0.2) is 77.0 Å². The van der Waals surface area contributed by atoms with Gasteiger partial charge in [-0.05, 0) is 65.8 Å². The topological polar surface area (TPSA) is 63.3 Å². The summed E-state index contributed by atoms with van der Waals surface area (Å²) in [6, 6.07) is 22.5. The van der Waals surface area contributed by atoms with E-state index in [1.54, 1.807) is 0 Å². The van der Waals surface area contributed by atoms with Crippen LogP contribution < -0.4 is 0 Å². The molecule has 5 aromatic rings. The maximum Gasteiger partial charge on any atom is 0.162 e.